The molecule has 3 rings (SSSR count). The number of nitrogens with zero attached hydrogens (tertiary/aromatic N) is 1. The minimum Gasteiger partial charge on any atom is -0.497 e. The lowest BCUT2D eigenvalue weighted by molar-refractivity contribution is -0.291. The zero-order valence-corrected chi connectivity index (χ0v) is 16.0. The number of hydrogen-bond acceptors (Lipinski definition) is 3. The van der Waals surface area contributed by atoms with E-state index in [4.69, 9.17) is 16.3 Å². The molecule has 30 heavy (non-hydrogen) atoms. The Kier molecular flexibility index (Phi) is 5.60. The maximum Gasteiger partial charge on any atom is 0.459 e. The zero-order valence-electron chi connectivity index (χ0n) is 15.3. The van der Waals surface area contributed by atoms with Gasteiger partial charge in [0.2, 0.25) is 0 Å². The molecule has 0 unspecified atom stereocenters. The van der Waals surface area contributed by atoms with Crippen LogP contribution in [0.25, 0.3) is 10.9 Å². The van der Waals surface area contributed by atoms with Crippen LogP contribution in [-0.2, 0) is 17.1 Å². The van der Waals surface area contributed by atoms with E-state index in [0.29, 0.717) is 4.57 Å². The fraction of sp³-hybridized carbons (Fsp3) is 0.200. The first-order valence-electron chi connectivity index (χ1n) is 8.43. The van der Waals surface area contributed by atoms with Crippen LogP contribution in [0.5, 0.6) is 5.75 Å². The molecule has 1 heterocycles. The fourth-order valence-corrected chi connectivity index (χ4v) is 3.27. The van der Waals surface area contributed by atoms with Crippen LogP contribution in [0.3, 0.4) is 0 Å². The number of rotatable bonds is 5. The third kappa shape index (κ3) is 3.54. The van der Waals surface area contributed by atoms with Gasteiger partial charge in [0.05, 0.1) is 12.6 Å². The van der Waals surface area contributed by atoms with Crippen LogP contribution in [0.4, 0.5) is 22.0 Å². The van der Waals surface area contributed by atoms with Gasteiger partial charge in [0, 0.05) is 22.4 Å². The Morgan fingerprint density at radius 1 is 1.10 bits per heavy atom. The minimum atomic E-state index is -6.00. The van der Waals surface area contributed by atoms with Crippen LogP contribution < -0.4 is 4.74 Å². The van der Waals surface area contributed by atoms with Gasteiger partial charge in [-0.3, -0.25) is 9.36 Å². The molecular formula is C20H13ClF5NO3. The number of carbonyl (C=O) groups excluding carboxylic acids is 2. The highest BCUT2D eigenvalue weighted by molar-refractivity contribution is 6.30. The van der Waals surface area contributed by atoms with Crippen LogP contribution >= 0.6 is 11.6 Å². The molecule has 0 aliphatic heterocycles. The first-order chi connectivity index (χ1) is 14.0. The Labute approximate surface area is 171 Å². The monoisotopic (exact) mass is 445 g/mol. The molecule has 0 saturated heterocycles. The van der Waals surface area contributed by atoms with E-state index < -0.39 is 35.7 Å². The quantitative estimate of drug-likeness (QED) is 0.391. The topological polar surface area (TPSA) is 48.3 Å². The van der Waals surface area contributed by atoms with E-state index in [1.54, 1.807) is 0 Å². The first kappa shape index (κ1) is 21.8. The van der Waals surface area contributed by atoms with Crippen molar-refractivity contribution >= 4 is 34.7 Å². The smallest absolute Gasteiger partial charge is 0.459 e. The van der Waals surface area contributed by atoms with Crippen molar-refractivity contribution in [2.45, 2.75) is 18.5 Å². The van der Waals surface area contributed by atoms with Crippen molar-refractivity contribution < 1.29 is 36.3 Å². The van der Waals surface area contributed by atoms with Crippen molar-refractivity contribution in [3.8, 4) is 5.75 Å². The number of ether oxygens (including phenoxy) is 1. The first-order valence-corrected chi connectivity index (χ1v) is 8.81. The summed E-state index contributed by atoms with van der Waals surface area (Å²) in [4.78, 5) is 24.2. The zero-order chi connectivity index (χ0) is 22.3. The summed E-state index contributed by atoms with van der Waals surface area (Å²) in [6, 6.07) is 8.72. The highest BCUT2D eigenvalue weighted by Gasteiger charge is 2.62. The van der Waals surface area contributed by atoms with E-state index in [0.717, 1.165) is 0 Å². The summed E-state index contributed by atoms with van der Waals surface area (Å²) in [5.41, 5.74) is -2.59. The van der Waals surface area contributed by atoms with Crippen molar-refractivity contribution in [1.82, 2.24) is 4.57 Å². The van der Waals surface area contributed by atoms with Gasteiger partial charge in [-0.25, -0.2) is 0 Å². The van der Waals surface area contributed by atoms with E-state index in [-0.39, 0.29) is 33.5 Å². The van der Waals surface area contributed by atoms with E-state index in [9.17, 15) is 31.5 Å². The molecule has 0 atom stereocenters. The summed E-state index contributed by atoms with van der Waals surface area (Å²) in [5.74, 6) is -6.37. The van der Waals surface area contributed by atoms with Crippen molar-refractivity contribution in [2.75, 3.05) is 7.11 Å². The number of hydrogen-bond donors (Lipinski definition) is 0. The van der Waals surface area contributed by atoms with Gasteiger partial charge in [-0.05, 0) is 48.0 Å². The maximum atomic E-state index is 14.6. The molecule has 2 aromatic carbocycles. The maximum absolute atomic E-state index is 14.6. The van der Waals surface area contributed by atoms with Gasteiger partial charge in [0.25, 0.3) is 5.91 Å². The molecule has 0 fully saturated rings. The molecule has 0 bridgehead atoms. The van der Waals surface area contributed by atoms with Crippen molar-refractivity contribution in [3.05, 3.63) is 64.3 Å². The summed E-state index contributed by atoms with van der Waals surface area (Å²) in [6.45, 7) is 0. The predicted octanol–water partition coefficient (Wildman–Crippen LogP) is 5.39. The summed E-state index contributed by atoms with van der Waals surface area (Å²) in [5, 5.41) is 0.124. The van der Waals surface area contributed by atoms with Crippen molar-refractivity contribution in [3.63, 3.8) is 0 Å². The molecule has 0 radical (unpaired) electrons. The molecule has 3 aromatic rings. The summed E-state index contributed by atoms with van der Waals surface area (Å²) in [6.07, 6.45) is -6.56. The fourth-order valence-electron chi connectivity index (χ4n) is 3.15. The lowest BCUT2D eigenvalue weighted by atomic mass is 10.0. The van der Waals surface area contributed by atoms with Crippen molar-refractivity contribution in [1.29, 1.82) is 0 Å². The Hall–Kier alpha value is -2.94. The average molecular weight is 446 g/mol. The standard InChI is InChI=1S/C20H13ClF5NO3/c1-30-13-6-7-16-15(10-13)14(8-9-28)17(19(22,23)20(24,25)26)27(16)18(29)11-2-4-12(21)5-3-11/h2-7,9-10H,8H2,1H3. The minimum absolute atomic E-state index is 0.123. The lowest BCUT2D eigenvalue weighted by Gasteiger charge is -2.22. The van der Waals surface area contributed by atoms with Crippen LogP contribution in [0.2, 0.25) is 5.02 Å². The van der Waals surface area contributed by atoms with Gasteiger partial charge in [-0.15, -0.1) is 0 Å². The van der Waals surface area contributed by atoms with Gasteiger partial charge in [0.1, 0.15) is 17.7 Å². The number of alkyl halides is 5. The van der Waals surface area contributed by atoms with Crippen molar-refractivity contribution in [2.24, 2.45) is 0 Å². The number of carbonyl (C=O) groups is 2. The van der Waals surface area contributed by atoms with Crippen LogP contribution in [0, 0.1) is 0 Å². The van der Waals surface area contributed by atoms with Crippen LogP contribution in [0.1, 0.15) is 21.6 Å². The molecular weight excluding hydrogens is 433 g/mol. The Balaban J connectivity index is 2.44. The highest BCUT2D eigenvalue weighted by Crippen LogP contribution is 2.48. The third-order valence-electron chi connectivity index (χ3n) is 4.51. The number of benzene rings is 2. The van der Waals surface area contributed by atoms with E-state index in [1.165, 1.54) is 49.6 Å². The van der Waals surface area contributed by atoms with Gasteiger partial charge < -0.3 is 9.53 Å². The number of fused-ring (bicyclic) bond motifs is 1. The second-order valence-electron chi connectivity index (χ2n) is 6.30. The molecule has 10 heteroatoms. The average Bonchev–Trinajstić information content (AvgIpc) is 3.01. The Morgan fingerprint density at radius 2 is 1.73 bits per heavy atom. The molecule has 0 aliphatic carbocycles. The normalized spacial score (nSPS) is 12.2. The molecule has 4 nitrogen and oxygen atoms in total. The second kappa shape index (κ2) is 7.71. The van der Waals surface area contributed by atoms with E-state index >= 15 is 0 Å². The molecule has 158 valence electrons. The molecule has 0 saturated carbocycles. The number of aromatic nitrogens is 1. The van der Waals surface area contributed by atoms with Crippen LogP contribution in [-0.4, -0.2) is 30.0 Å². The molecule has 0 aliphatic rings. The van der Waals surface area contributed by atoms with Crippen LogP contribution in [0.15, 0.2) is 42.5 Å². The van der Waals surface area contributed by atoms with Gasteiger partial charge in [0.15, 0.2) is 0 Å². The molecule has 0 amide bonds. The molecule has 0 N–H and O–H groups in total. The third-order valence-corrected chi connectivity index (χ3v) is 4.77. The number of methoxy groups -OCH3 is 1. The lowest BCUT2D eigenvalue weighted by Crippen LogP contribution is -2.38. The Morgan fingerprint density at radius 3 is 2.27 bits per heavy atom. The highest BCUT2D eigenvalue weighted by atomic mass is 35.5. The SMILES string of the molecule is COc1ccc2c(c1)c(CC=O)c(C(F)(F)C(F)(F)F)n2C(=O)c1ccc(Cl)cc1. The number of halogens is 6. The largest absolute Gasteiger partial charge is 0.497 e. The number of aldehydes is 1. The molecule has 0 spiro atoms. The summed E-state index contributed by atoms with van der Waals surface area (Å²) in [7, 11) is 1.28. The van der Waals surface area contributed by atoms with Gasteiger partial charge >= 0.3 is 12.1 Å². The predicted molar refractivity (Wildman–Crippen MR) is 99.4 cm³/mol. The van der Waals surface area contributed by atoms with Gasteiger partial charge in [-0.2, -0.15) is 22.0 Å². The summed E-state index contributed by atoms with van der Waals surface area (Å²) >= 11 is 5.76. The summed E-state index contributed by atoms with van der Waals surface area (Å²) < 4.78 is 74.4. The second-order valence-corrected chi connectivity index (χ2v) is 6.74. The van der Waals surface area contributed by atoms with E-state index in [2.05, 4.69) is 0 Å². The van der Waals surface area contributed by atoms with E-state index in [1.807, 2.05) is 0 Å². The van der Waals surface area contributed by atoms with Gasteiger partial charge in [-0.1, -0.05) is 11.6 Å². The molecule has 1 aromatic heterocycles. The Bertz CT molecular complexity index is 1120.